The highest BCUT2D eigenvalue weighted by Crippen LogP contribution is 2.42. The van der Waals surface area contributed by atoms with Crippen molar-refractivity contribution in [1.29, 1.82) is 0 Å². The van der Waals surface area contributed by atoms with Gasteiger partial charge in [0, 0.05) is 11.3 Å². The lowest BCUT2D eigenvalue weighted by Crippen LogP contribution is -2.17. The minimum Gasteiger partial charge on any atom is -0.493 e. The van der Waals surface area contributed by atoms with E-state index >= 15 is 0 Å². The largest absolute Gasteiger partial charge is 0.493 e. The van der Waals surface area contributed by atoms with Crippen molar-refractivity contribution >= 4 is 17.6 Å². The molecule has 1 aliphatic heterocycles. The number of nitrogens with one attached hydrogen (secondary N) is 1. The molecule has 24 heavy (non-hydrogen) atoms. The monoisotopic (exact) mass is 328 g/mol. The fraction of sp³-hybridized carbons (Fsp3) is 0.176. The van der Waals surface area contributed by atoms with Crippen LogP contribution >= 0.6 is 0 Å². The number of rotatable bonds is 5. The van der Waals surface area contributed by atoms with Gasteiger partial charge in [-0.15, -0.1) is 0 Å². The van der Waals surface area contributed by atoms with Crippen molar-refractivity contribution in [3.63, 3.8) is 0 Å². The number of carbonyl (C=O) groups is 2. The van der Waals surface area contributed by atoms with E-state index in [4.69, 9.17) is 19.9 Å². The first-order valence-electron chi connectivity index (χ1n) is 7.18. The van der Waals surface area contributed by atoms with Gasteiger partial charge in [-0.1, -0.05) is 12.1 Å². The predicted molar refractivity (Wildman–Crippen MR) is 86.3 cm³/mol. The maximum absolute atomic E-state index is 12.2. The topological polar surface area (TPSA) is 99.9 Å². The highest BCUT2D eigenvalue weighted by Gasteiger charge is 2.36. The lowest BCUT2D eigenvalue weighted by atomic mass is 10.1. The summed E-state index contributed by atoms with van der Waals surface area (Å²) < 4.78 is 15.9. The molecule has 0 saturated carbocycles. The molecular weight excluding hydrogens is 312 g/mol. The summed E-state index contributed by atoms with van der Waals surface area (Å²) in [7, 11) is 2.94. The average molecular weight is 328 g/mol. The number of methoxy groups -OCH3 is 2. The van der Waals surface area contributed by atoms with Crippen LogP contribution in [0.2, 0.25) is 0 Å². The van der Waals surface area contributed by atoms with Crippen LogP contribution in [0, 0.1) is 0 Å². The van der Waals surface area contributed by atoms with Crippen molar-refractivity contribution in [3.8, 4) is 11.5 Å². The molecule has 0 unspecified atom stereocenters. The Morgan fingerprint density at radius 2 is 1.92 bits per heavy atom. The summed E-state index contributed by atoms with van der Waals surface area (Å²) in [6, 6.07) is 10.1. The van der Waals surface area contributed by atoms with Crippen LogP contribution in [-0.2, 0) is 4.74 Å². The Kier molecular flexibility index (Phi) is 3.99. The molecule has 1 heterocycles. The molecule has 7 nitrogen and oxygen atoms in total. The molecule has 0 aliphatic carbocycles. The Bertz CT molecular complexity index is 819. The van der Waals surface area contributed by atoms with Crippen LogP contribution in [0.3, 0.4) is 0 Å². The van der Waals surface area contributed by atoms with Gasteiger partial charge in [-0.05, 0) is 24.3 Å². The maximum Gasteiger partial charge on any atom is 0.344 e. The molecule has 2 aromatic carbocycles. The maximum atomic E-state index is 12.2. The molecule has 1 amide bonds. The van der Waals surface area contributed by atoms with Crippen LogP contribution in [0.15, 0.2) is 36.4 Å². The molecule has 124 valence electrons. The molecule has 0 aromatic heterocycles. The molecular formula is C17H16N2O5. The fourth-order valence-electron chi connectivity index (χ4n) is 2.67. The second-order valence-corrected chi connectivity index (χ2v) is 5.10. The molecule has 0 fully saturated rings. The van der Waals surface area contributed by atoms with E-state index in [2.05, 4.69) is 5.32 Å². The summed E-state index contributed by atoms with van der Waals surface area (Å²) in [5.74, 6) is -0.358. The molecule has 0 radical (unpaired) electrons. The summed E-state index contributed by atoms with van der Waals surface area (Å²) in [5, 5.41) is 3.03. The number of hydrogen-bond acceptors (Lipinski definition) is 6. The van der Waals surface area contributed by atoms with Gasteiger partial charge in [0.25, 0.3) is 5.91 Å². The number of amides is 1. The average Bonchev–Trinajstić information content (AvgIpc) is 2.90. The number of cyclic esters (lactones) is 1. The van der Waals surface area contributed by atoms with E-state index in [1.165, 1.54) is 14.2 Å². The van der Waals surface area contributed by atoms with Gasteiger partial charge in [-0.25, -0.2) is 4.79 Å². The Balaban J connectivity index is 2.01. The number of esters is 1. The van der Waals surface area contributed by atoms with E-state index < -0.39 is 18.1 Å². The fourth-order valence-corrected chi connectivity index (χ4v) is 2.67. The van der Waals surface area contributed by atoms with E-state index in [0.29, 0.717) is 33.9 Å². The first-order valence-corrected chi connectivity index (χ1v) is 7.18. The Morgan fingerprint density at radius 3 is 2.58 bits per heavy atom. The number of nitrogens with two attached hydrogens (primary N) is 1. The Labute approximate surface area is 138 Å². The molecule has 2 aromatic rings. The molecule has 1 atom stereocenters. The first kappa shape index (κ1) is 15.7. The van der Waals surface area contributed by atoms with Gasteiger partial charge >= 0.3 is 5.97 Å². The van der Waals surface area contributed by atoms with Crippen LogP contribution in [0.4, 0.5) is 5.69 Å². The zero-order valence-corrected chi connectivity index (χ0v) is 13.2. The second-order valence-electron chi connectivity index (χ2n) is 5.10. The van der Waals surface area contributed by atoms with Gasteiger partial charge in [0.05, 0.1) is 19.8 Å². The van der Waals surface area contributed by atoms with Crippen LogP contribution in [0.1, 0.15) is 32.5 Å². The minimum absolute atomic E-state index is 0.297. The summed E-state index contributed by atoms with van der Waals surface area (Å²) >= 11 is 0. The van der Waals surface area contributed by atoms with E-state index in [-0.39, 0.29) is 0 Å². The van der Waals surface area contributed by atoms with Crippen molar-refractivity contribution in [2.45, 2.75) is 6.23 Å². The van der Waals surface area contributed by atoms with Crippen LogP contribution < -0.4 is 20.5 Å². The van der Waals surface area contributed by atoms with E-state index in [1.807, 2.05) is 0 Å². The molecule has 0 spiro atoms. The summed E-state index contributed by atoms with van der Waals surface area (Å²) in [6.45, 7) is 0. The quantitative estimate of drug-likeness (QED) is 0.815. The second kappa shape index (κ2) is 6.11. The number of fused-ring (bicyclic) bond motifs is 1. The molecule has 1 aliphatic rings. The molecule has 3 rings (SSSR count). The zero-order valence-electron chi connectivity index (χ0n) is 13.2. The lowest BCUT2D eigenvalue weighted by Gasteiger charge is -2.16. The summed E-state index contributed by atoms with van der Waals surface area (Å²) in [6.07, 6.45) is -0.757. The first-order chi connectivity index (χ1) is 11.6. The number of para-hydroxylation sites is 1. The molecule has 0 bridgehead atoms. The van der Waals surface area contributed by atoms with Gasteiger partial charge in [-0.3, -0.25) is 4.79 Å². The highest BCUT2D eigenvalue weighted by atomic mass is 16.6. The van der Waals surface area contributed by atoms with Gasteiger partial charge < -0.3 is 25.3 Å². The SMILES string of the molecule is COc1ccc2c(c1OC)C(=O)O[C@@H]2Nc1ccccc1C(N)=O. The van der Waals surface area contributed by atoms with Crippen LogP contribution in [0.25, 0.3) is 0 Å². The van der Waals surface area contributed by atoms with Crippen LogP contribution in [-0.4, -0.2) is 26.1 Å². The van der Waals surface area contributed by atoms with E-state index in [9.17, 15) is 9.59 Å². The van der Waals surface area contributed by atoms with Gasteiger partial charge in [0.1, 0.15) is 5.56 Å². The molecule has 0 saturated heterocycles. The summed E-state index contributed by atoms with van der Waals surface area (Å²) in [5.41, 5.74) is 7.05. The minimum atomic E-state index is -0.757. The highest BCUT2D eigenvalue weighted by molar-refractivity contribution is 6.00. The molecule has 3 N–H and O–H groups in total. The third kappa shape index (κ3) is 2.50. The third-order valence-corrected chi connectivity index (χ3v) is 3.77. The van der Waals surface area contributed by atoms with Gasteiger partial charge in [-0.2, -0.15) is 0 Å². The summed E-state index contributed by atoms with van der Waals surface area (Å²) in [4.78, 5) is 23.8. The van der Waals surface area contributed by atoms with Crippen molar-refractivity contribution < 1.29 is 23.8 Å². The number of primary amides is 1. The standard InChI is InChI=1S/C17H16N2O5/c1-22-12-8-7-10-13(14(12)23-2)17(21)24-16(10)19-11-6-4-3-5-9(11)15(18)20/h3-8,16,19H,1-2H3,(H2,18,20)/t16-/m0/s1. The van der Waals surface area contributed by atoms with Crippen LogP contribution in [0.5, 0.6) is 11.5 Å². The smallest absolute Gasteiger partial charge is 0.344 e. The van der Waals surface area contributed by atoms with Crippen molar-refractivity contribution in [3.05, 3.63) is 53.1 Å². The Hall–Kier alpha value is -3.22. The van der Waals surface area contributed by atoms with Crippen molar-refractivity contribution in [2.24, 2.45) is 5.73 Å². The van der Waals surface area contributed by atoms with E-state index in [0.717, 1.165) is 0 Å². The number of benzene rings is 2. The third-order valence-electron chi connectivity index (χ3n) is 3.77. The number of carbonyl (C=O) groups excluding carboxylic acids is 2. The zero-order chi connectivity index (χ0) is 17.3. The van der Waals surface area contributed by atoms with Gasteiger partial charge in [0.15, 0.2) is 11.5 Å². The molecule has 7 heteroatoms. The predicted octanol–water partition coefficient (Wildman–Crippen LogP) is 2.08. The number of hydrogen-bond donors (Lipinski definition) is 2. The normalized spacial score (nSPS) is 15.4. The van der Waals surface area contributed by atoms with Crippen molar-refractivity contribution in [1.82, 2.24) is 0 Å². The lowest BCUT2D eigenvalue weighted by molar-refractivity contribution is 0.0435. The van der Waals surface area contributed by atoms with Gasteiger partial charge in [0.2, 0.25) is 6.23 Å². The Morgan fingerprint density at radius 1 is 1.17 bits per heavy atom. The number of anilines is 1. The van der Waals surface area contributed by atoms with Crippen molar-refractivity contribution in [2.75, 3.05) is 19.5 Å². The number of ether oxygens (including phenoxy) is 3. The van der Waals surface area contributed by atoms with E-state index in [1.54, 1.807) is 36.4 Å².